The maximum absolute atomic E-state index is 2.48. The van der Waals surface area contributed by atoms with Crippen LogP contribution in [0.2, 0.25) is 0 Å². The SMILES string of the molecule is CC1(C)c2ccccc2-c2c(N(c3ccc4ccccc4c3)c3ccccc3-c3ccc(-c4cccc5ccccc45)cc3)cccc21. The minimum absolute atomic E-state index is 0.0893. The molecule has 8 aromatic carbocycles. The van der Waals surface area contributed by atoms with Gasteiger partial charge < -0.3 is 4.90 Å². The van der Waals surface area contributed by atoms with Crippen molar-refractivity contribution >= 4 is 38.6 Å². The highest BCUT2D eigenvalue weighted by Crippen LogP contribution is 2.55. The molecule has 48 heavy (non-hydrogen) atoms. The summed E-state index contributed by atoms with van der Waals surface area (Å²) in [6, 6.07) is 64.4. The normalized spacial score (nSPS) is 13.0. The third-order valence-electron chi connectivity index (χ3n) is 10.3. The highest BCUT2D eigenvalue weighted by Gasteiger charge is 2.37. The second kappa shape index (κ2) is 11.1. The Bertz CT molecular complexity index is 2480. The van der Waals surface area contributed by atoms with E-state index in [1.165, 1.54) is 71.7 Å². The van der Waals surface area contributed by atoms with Crippen molar-refractivity contribution < 1.29 is 0 Å². The van der Waals surface area contributed by atoms with Gasteiger partial charge in [0.1, 0.15) is 0 Å². The predicted molar refractivity (Wildman–Crippen MR) is 205 cm³/mol. The third kappa shape index (κ3) is 4.47. The molecule has 0 saturated heterocycles. The molecule has 0 N–H and O–H groups in total. The van der Waals surface area contributed by atoms with Crippen LogP contribution in [0.25, 0.3) is 54.9 Å². The predicted octanol–water partition coefficient (Wildman–Crippen LogP) is 13.1. The van der Waals surface area contributed by atoms with Gasteiger partial charge in [-0.05, 0) is 79.2 Å². The zero-order valence-electron chi connectivity index (χ0n) is 27.2. The molecule has 0 fully saturated rings. The summed E-state index contributed by atoms with van der Waals surface area (Å²) in [7, 11) is 0. The van der Waals surface area contributed by atoms with Gasteiger partial charge in [0.15, 0.2) is 0 Å². The Labute approximate surface area is 282 Å². The number of hydrogen-bond acceptors (Lipinski definition) is 1. The first-order valence-corrected chi connectivity index (χ1v) is 16.8. The van der Waals surface area contributed by atoms with E-state index >= 15 is 0 Å². The second-order valence-electron chi connectivity index (χ2n) is 13.4. The molecule has 0 bridgehead atoms. The fraction of sp³-hybridized carbons (Fsp3) is 0.0638. The Kier molecular flexibility index (Phi) is 6.55. The molecule has 0 atom stereocenters. The summed E-state index contributed by atoms with van der Waals surface area (Å²) >= 11 is 0. The monoisotopic (exact) mass is 613 g/mol. The largest absolute Gasteiger partial charge is 0.309 e. The van der Waals surface area contributed by atoms with E-state index in [9.17, 15) is 0 Å². The van der Waals surface area contributed by atoms with Crippen LogP contribution in [0, 0.1) is 0 Å². The molecule has 1 heteroatoms. The smallest absolute Gasteiger partial charge is 0.0543 e. The summed E-state index contributed by atoms with van der Waals surface area (Å²) in [6.07, 6.45) is 0. The molecule has 0 heterocycles. The average molecular weight is 614 g/mol. The maximum atomic E-state index is 2.48. The van der Waals surface area contributed by atoms with Gasteiger partial charge in [-0.3, -0.25) is 0 Å². The van der Waals surface area contributed by atoms with Gasteiger partial charge in [0.25, 0.3) is 0 Å². The van der Waals surface area contributed by atoms with Crippen molar-refractivity contribution in [2.24, 2.45) is 0 Å². The zero-order chi connectivity index (χ0) is 32.2. The van der Waals surface area contributed by atoms with Crippen molar-refractivity contribution in [3.8, 4) is 33.4 Å². The highest BCUT2D eigenvalue weighted by atomic mass is 15.1. The summed E-state index contributed by atoms with van der Waals surface area (Å²) in [4.78, 5) is 2.48. The second-order valence-corrected chi connectivity index (χ2v) is 13.4. The minimum Gasteiger partial charge on any atom is -0.309 e. The van der Waals surface area contributed by atoms with Gasteiger partial charge >= 0.3 is 0 Å². The van der Waals surface area contributed by atoms with Crippen LogP contribution in [-0.4, -0.2) is 0 Å². The van der Waals surface area contributed by atoms with E-state index in [-0.39, 0.29) is 5.41 Å². The van der Waals surface area contributed by atoms with Gasteiger partial charge in [-0.25, -0.2) is 0 Å². The summed E-state index contributed by atoms with van der Waals surface area (Å²) in [5.74, 6) is 0. The lowest BCUT2D eigenvalue weighted by Crippen LogP contribution is -2.16. The van der Waals surface area contributed by atoms with E-state index in [2.05, 4.69) is 195 Å². The van der Waals surface area contributed by atoms with Crippen molar-refractivity contribution in [1.82, 2.24) is 0 Å². The van der Waals surface area contributed by atoms with Gasteiger partial charge in [-0.15, -0.1) is 0 Å². The lowest BCUT2D eigenvalue weighted by atomic mass is 9.82. The van der Waals surface area contributed by atoms with Gasteiger partial charge in [-0.1, -0.05) is 166 Å². The molecular weight excluding hydrogens is 579 g/mol. The maximum Gasteiger partial charge on any atom is 0.0543 e. The van der Waals surface area contributed by atoms with Crippen LogP contribution < -0.4 is 4.90 Å². The topological polar surface area (TPSA) is 3.24 Å². The molecular formula is C47H35N. The molecule has 228 valence electrons. The summed E-state index contributed by atoms with van der Waals surface area (Å²) < 4.78 is 0. The number of hydrogen-bond donors (Lipinski definition) is 0. The third-order valence-corrected chi connectivity index (χ3v) is 10.3. The van der Waals surface area contributed by atoms with Crippen LogP contribution >= 0.6 is 0 Å². The fourth-order valence-corrected chi connectivity index (χ4v) is 7.86. The number of fused-ring (bicyclic) bond motifs is 5. The van der Waals surface area contributed by atoms with Gasteiger partial charge in [0.05, 0.1) is 11.4 Å². The van der Waals surface area contributed by atoms with Crippen LogP contribution in [0.15, 0.2) is 176 Å². The van der Waals surface area contributed by atoms with Crippen molar-refractivity contribution in [2.75, 3.05) is 4.90 Å². The van der Waals surface area contributed by atoms with E-state index in [1.54, 1.807) is 0 Å². The van der Waals surface area contributed by atoms with Gasteiger partial charge in [0.2, 0.25) is 0 Å². The Morgan fingerprint density at radius 2 is 0.958 bits per heavy atom. The first kappa shape index (κ1) is 28.3. The van der Waals surface area contributed by atoms with Crippen LogP contribution in [0.3, 0.4) is 0 Å². The minimum atomic E-state index is -0.0893. The fourth-order valence-electron chi connectivity index (χ4n) is 7.86. The van der Waals surface area contributed by atoms with Gasteiger partial charge in [0, 0.05) is 22.2 Å². The van der Waals surface area contributed by atoms with Gasteiger partial charge in [-0.2, -0.15) is 0 Å². The molecule has 1 aliphatic carbocycles. The molecule has 1 aliphatic rings. The van der Waals surface area contributed by atoms with E-state index in [1.807, 2.05) is 0 Å². The molecule has 9 rings (SSSR count). The zero-order valence-corrected chi connectivity index (χ0v) is 27.2. The van der Waals surface area contributed by atoms with Crippen molar-refractivity contribution in [3.63, 3.8) is 0 Å². The van der Waals surface area contributed by atoms with E-state index in [0.29, 0.717) is 0 Å². The quantitative estimate of drug-likeness (QED) is 0.187. The highest BCUT2D eigenvalue weighted by molar-refractivity contribution is 6.00. The van der Waals surface area contributed by atoms with Crippen LogP contribution in [-0.2, 0) is 5.41 Å². The lowest BCUT2D eigenvalue weighted by Gasteiger charge is -2.30. The molecule has 0 amide bonds. The Balaban J connectivity index is 1.25. The average Bonchev–Trinajstić information content (AvgIpc) is 3.38. The number of nitrogens with zero attached hydrogens (tertiary/aromatic N) is 1. The summed E-state index contributed by atoms with van der Waals surface area (Å²) in [5.41, 5.74) is 13.6. The van der Waals surface area contributed by atoms with Crippen LogP contribution in [0.1, 0.15) is 25.0 Å². The molecule has 0 aromatic heterocycles. The first-order valence-electron chi connectivity index (χ1n) is 16.8. The Morgan fingerprint density at radius 3 is 1.79 bits per heavy atom. The molecule has 8 aromatic rings. The Morgan fingerprint density at radius 1 is 0.396 bits per heavy atom. The molecule has 0 spiro atoms. The van der Waals surface area contributed by atoms with E-state index in [4.69, 9.17) is 0 Å². The molecule has 0 unspecified atom stereocenters. The number of rotatable bonds is 5. The molecule has 0 aliphatic heterocycles. The van der Waals surface area contributed by atoms with Crippen molar-refractivity contribution in [3.05, 3.63) is 187 Å². The Hall–Kier alpha value is -5.92. The van der Waals surface area contributed by atoms with Crippen LogP contribution in [0.4, 0.5) is 17.1 Å². The summed E-state index contributed by atoms with van der Waals surface area (Å²) in [5, 5.41) is 5.00. The van der Waals surface area contributed by atoms with E-state index < -0.39 is 0 Å². The number of anilines is 3. The summed E-state index contributed by atoms with van der Waals surface area (Å²) in [6.45, 7) is 4.71. The molecule has 1 nitrogen and oxygen atoms in total. The number of benzene rings is 8. The van der Waals surface area contributed by atoms with Crippen molar-refractivity contribution in [2.45, 2.75) is 19.3 Å². The standard InChI is InChI=1S/C47H35N/c1-47(2)42-21-9-7-19-41(42)46-43(47)22-12-24-45(46)48(37-30-29-32-13-3-4-15-36(32)31-37)44-23-10-8-18-40(44)35-27-25-34(26-28-35)39-20-11-16-33-14-5-6-17-38(33)39/h3-31H,1-2H3. The molecule has 0 radical (unpaired) electrons. The lowest BCUT2D eigenvalue weighted by molar-refractivity contribution is 0.660. The van der Waals surface area contributed by atoms with Crippen LogP contribution in [0.5, 0.6) is 0 Å². The van der Waals surface area contributed by atoms with Crippen molar-refractivity contribution in [1.29, 1.82) is 0 Å². The van der Waals surface area contributed by atoms with E-state index in [0.717, 1.165) is 11.4 Å². The number of para-hydroxylation sites is 1. The first-order chi connectivity index (χ1) is 23.6. The molecule has 0 saturated carbocycles.